The van der Waals surface area contributed by atoms with Crippen LogP contribution in [0.4, 0.5) is 5.69 Å². The summed E-state index contributed by atoms with van der Waals surface area (Å²) < 4.78 is 20.3. The van der Waals surface area contributed by atoms with Crippen molar-refractivity contribution in [3.63, 3.8) is 0 Å². The Morgan fingerprint density at radius 1 is 0.750 bits per heavy atom. The van der Waals surface area contributed by atoms with Gasteiger partial charge in [-0.05, 0) is 37.5 Å². The second-order valence-electron chi connectivity index (χ2n) is 6.26. The topological polar surface area (TPSA) is 121 Å². The molecule has 1 aromatic rings. The van der Waals surface area contributed by atoms with Crippen LogP contribution in [0.1, 0.15) is 37.4 Å². The fraction of sp³-hybridized carbons (Fsp3) is 0.579. The number of benzene rings is 1. The van der Waals surface area contributed by atoms with Gasteiger partial charge in [0.25, 0.3) is 11.8 Å². The van der Waals surface area contributed by atoms with Crippen molar-refractivity contribution in [1.82, 2.24) is 10.6 Å². The number of ether oxygens (including phenoxy) is 4. The average molecular weight is 397 g/mol. The standard InChI is InChI=1S/C19H31N3O6/c1-10-15(18(23)21-8-13(25-4)26-5)11(2)17(20)12(3)16(10)19(24)22-9-14(27-6)28-7/h13-14H,8-9,20H2,1-7H3,(H,21,23)(H,22,24). The molecule has 1 aromatic carbocycles. The van der Waals surface area contributed by atoms with Crippen LogP contribution in [-0.4, -0.2) is 65.9 Å². The number of carbonyl (C=O) groups excluding carboxylic acids is 2. The molecule has 0 aromatic heterocycles. The van der Waals surface area contributed by atoms with Crippen LogP contribution >= 0.6 is 0 Å². The molecule has 0 unspecified atom stereocenters. The van der Waals surface area contributed by atoms with Gasteiger partial charge in [-0.25, -0.2) is 0 Å². The molecule has 0 heterocycles. The summed E-state index contributed by atoms with van der Waals surface area (Å²) in [5.74, 6) is -0.719. The maximum Gasteiger partial charge on any atom is 0.252 e. The summed E-state index contributed by atoms with van der Waals surface area (Å²) in [6.45, 7) is 5.54. The van der Waals surface area contributed by atoms with Crippen molar-refractivity contribution in [3.05, 3.63) is 27.8 Å². The molecule has 4 N–H and O–H groups in total. The molecular formula is C19H31N3O6. The second kappa shape index (κ2) is 11.0. The van der Waals surface area contributed by atoms with E-state index in [2.05, 4.69) is 10.6 Å². The second-order valence-corrected chi connectivity index (χ2v) is 6.26. The number of nitrogens with one attached hydrogen (secondary N) is 2. The maximum absolute atomic E-state index is 12.8. The highest BCUT2D eigenvalue weighted by Gasteiger charge is 2.25. The zero-order chi connectivity index (χ0) is 21.4. The molecule has 0 bridgehead atoms. The van der Waals surface area contributed by atoms with E-state index in [1.54, 1.807) is 20.8 Å². The number of hydrogen-bond acceptors (Lipinski definition) is 7. The number of amides is 2. The van der Waals surface area contributed by atoms with E-state index in [4.69, 9.17) is 24.7 Å². The average Bonchev–Trinajstić information content (AvgIpc) is 2.68. The van der Waals surface area contributed by atoms with Crippen molar-refractivity contribution in [3.8, 4) is 0 Å². The molecule has 9 nitrogen and oxygen atoms in total. The van der Waals surface area contributed by atoms with Crippen LogP contribution in [0, 0.1) is 20.8 Å². The molecule has 9 heteroatoms. The summed E-state index contributed by atoms with van der Waals surface area (Å²) in [5.41, 5.74) is 9.06. The maximum atomic E-state index is 12.8. The van der Waals surface area contributed by atoms with E-state index in [1.807, 2.05) is 0 Å². The van der Waals surface area contributed by atoms with Crippen molar-refractivity contribution in [1.29, 1.82) is 0 Å². The number of methoxy groups -OCH3 is 4. The van der Waals surface area contributed by atoms with E-state index in [1.165, 1.54) is 28.4 Å². The largest absolute Gasteiger partial charge is 0.398 e. The molecule has 0 aliphatic heterocycles. The highest BCUT2D eigenvalue weighted by molar-refractivity contribution is 6.05. The minimum Gasteiger partial charge on any atom is -0.398 e. The first kappa shape index (κ1) is 23.8. The third-order valence-electron chi connectivity index (χ3n) is 4.67. The molecule has 0 saturated heterocycles. The van der Waals surface area contributed by atoms with Gasteiger partial charge >= 0.3 is 0 Å². The summed E-state index contributed by atoms with van der Waals surface area (Å²) >= 11 is 0. The number of rotatable bonds is 10. The van der Waals surface area contributed by atoms with Gasteiger partial charge in [-0.2, -0.15) is 0 Å². The van der Waals surface area contributed by atoms with E-state index in [9.17, 15) is 9.59 Å². The first-order valence-electron chi connectivity index (χ1n) is 8.80. The molecule has 0 aliphatic carbocycles. The van der Waals surface area contributed by atoms with E-state index in [0.29, 0.717) is 33.5 Å². The minimum absolute atomic E-state index is 0.156. The van der Waals surface area contributed by atoms with E-state index < -0.39 is 12.6 Å². The minimum atomic E-state index is -0.574. The molecule has 0 atom stereocenters. The van der Waals surface area contributed by atoms with Crippen molar-refractivity contribution in [2.24, 2.45) is 0 Å². The van der Waals surface area contributed by atoms with Gasteiger partial charge < -0.3 is 35.3 Å². The van der Waals surface area contributed by atoms with Crippen LogP contribution < -0.4 is 16.4 Å². The zero-order valence-electron chi connectivity index (χ0n) is 17.6. The third kappa shape index (κ3) is 5.41. The molecule has 0 radical (unpaired) electrons. The van der Waals surface area contributed by atoms with Gasteiger partial charge in [-0.3, -0.25) is 9.59 Å². The van der Waals surface area contributed by atoms with E-state index >= 15 is 0 Å². The molecule has 28 heavy (non-hydrogen) atoms. The smallest absolute Gasteiger partial charge is 0.252 e. The molecule has 0 spiro atoms. The summed E-state index contributed by atoms with van der Waals surface area (Å²) in [4.78, 5) is 25.5. The zero-order valence-corrected chi connectivity index (χ0v) is 17.6. The van der Waals surface area contributed by atoms with Crippen LogP contribution in [0.3, 0.4) is 0 Å². The highest BCUT2D eigenvalue weighted by atomic mass is 16.7. The molecular weight excluding hydrogens is 366 g/mol. The Morgan fingerprint density at radius 3 is 1.36 bits per heavy atom. The lowest BCUT2D eigenvalue weighted by atomic mass is 9.90. The van der Waals surface area contributed by atoms with E-state index in [-0.39, 0.29) is 24.9 Å². The molecule has 2 amide bonds. The summed E-state index contributed by atoms with van der Waals surface area (Å²) in [6.07, 6.45) is -1.15. The van der Waals surface area contributed by atoms with Gasteiger partial charge in [-0.1, -0.05) is 0 Å². The first-order chi connectivity index (χ1) is 13.2. The summed E-state index contributed by atoms with van der Waals surface area (Å²) in [6, 6.07) is 0. The van der Waals surface area contributed by atoms with Crippen LogP contribution in [-0.2, 0) is 18.9 Å². The van der Waals surface area contributed by atoms with Crippen LogP contribution in [0.15, 0.2) is 0 Å². The Morgan fingerprint density at radius 2 is 1.07 bits per heavy atom. The fourth-order valence-corrected chi connectivity index (χ4v) is 2.97. The fourth-order valence-electron chi connectivity index (χ4n) is 2.97. The Bertz CT molecular complexity index is 644. The molecule has 1 rings (SSSR count). The lowest BCUT2D eigenvalue weighted by Gasteiger charge is -2.21. The Labute approximate surface area is 165 Å². The van der Waals surface area contributed by atoms with Crippen molar-refractivity contribution < 1.29 is 28.5 Å². The van der Waals surface area contributed by atoms with Crippen LogP contribution in [0.2, 0.25) is 0 Å². The van der Waals surface area contributed by atoms with Crippen molar-refractivity contribution in [2.45, 2.75) is 33.4 Å². The van der Waals surface area contributed by atoms with Gasteiger partial charge in [0, 0.05) is 45.3 Å². The molecule has 0 aliphatic rings. The molecule has 158 valence electrons. The number of anilines is 1. The normalized spacial score (nSPS) is 11.2. The van der Waals surface area contributed by atoms with Crippen molar-refractivity contribution in [2.75, 3.05) is 47.3 Å². The van der Waals surface area contributed by atoms with Gasteiger partial charge in [0.1, 0.15) is 0 Å². The highest BCUT2D eigenvalue weighted by Crippen LogP contribution is 2.29. The third-order valence-corrected chi connectivity index (χ3v) is 4.67. The van der Waals surface area contributed by atoms with E-state index in [0.717, 1.165) is 0 Å². The predicted molar refractivity (Wildman–Crippen MR) is 105 cm³/mol. The lowest BCUT2D eigenvalue weighted by molar-refractivity contribution is -0.0975. The van der Waals surface area contributed by atoms with Gasteiger partial charge in [0.15, 0.2) is 12.6 Å². The van der Waals surface area contributed by atoms with Crippen LogP contribution in [0.5, 0.6) is 0 Å². The number of hydrogen-bond donors (Lipinski definition) is 3. The SMILES string of the molecule is COC(CNC(=O)c1c(C)c(N)c(C)c(C(=O)NCC(OC)OC)c1C)OC. The summed E-state index contributed by atoms with van der Waals surface area (Å²) in [7, 11) is 5.93. The Hall–Kier alpha value is -2.20. The lowest BCUT2D eigenvalue weighted by Crippen LogP contribution is -2.37. The first-order valence-corrected chi connectivity index (χ1v) is 8.80. The van der Waals surface area contributed by atoms with Gasteiger partial charge in [0.05, 0.1) is 13.1 Å². The number of nitrogens with two attached hydrogens (primary N) is 1. The molecule has 0 saturated carbocycles. The Balaban J connectivity index is 3.20. The number of nitrogen functional groups attached to an aromatic ring is 1. The Kier molecular flexibility index (Phi) is 9.33. The molecule has 0 fully saturated rings. The van der Waals surface area contributed by atoms with Crippen molar-refractivity contribution >= 4 is 17.5 Å². The summed E-state index contributed by atoms with van der Waals surface area (Å²) in [5, 5.41) is 5.50. The van der Waals surface area contributed by atoms with Gasteiger partial charge in [0.2, 0.25) is 0 Å². The quantitative estimate of drug-likeness (QED) is 0.396. The monoisotopic (exact) mass is 397 g/mol. The van der Waals surface area contributed by atoms with Crippen LogP contribution in [0.25, 0.3) is 0 Å². The van der Waals surface area contributed by atoms with Gasteiger partial charge in [-0.15, -0.1) is 0 Å². The number of carbonyl (C=O) groups is 2. The predicted octanol–water partition coefficient (Wildman–Crippen LogP) is 0.891.